The van der Waals surface area contributed by atoms with Crippen LogP contribution in [-0.4, -0.2) is 6.61 Å². The van der Waals surface area contributed by atoms with E-state index in [0.717, 1.165) is 12.4 Å². The van der Waals surface area contributed by atoms with Crippen LogP contribution < -0.4 is 4.74 Å². The molecule has 0 saturated carbocycles. The van der Waals surface area contributed by atoms with Gasteiger partial charge in [-0.3, -0.25) is 0 Å². The maximum Gasteiger partial charge on any atom is 0.119 e. The molecule has 1 aromatic carbocycles. The number of hydrogen-bond acceptors (Lipinski definition) is 2. The van der Waals surface area contributed by atoms with Crippen molar-refractivity contribution in [2.24, 2.45) is 0 Å². The number of hydrogen-bond donors (Lipinski definition) is 0. The Balaban J connectivity index is 2.46. The molecule has 0 radical (unpaired) electrons. The lowest BCUT2D eigenvalue weighted by atomic mass is 10.2. The lowest BCUT2D eigenvalue weighted by Crippen LogP contribution is -1.89. The average molecular weight is 178 g/mol. The van der Waals surface area contributed by atoms with Crippen molar-refractivity contribution in [2.45, 2.75) is 6.92 Å². The highest BCUT2D eigenvalue weighted by Crippen LogP contribution is 2.23. The third-order valence-corrected chi connectivity index (χ3v) is 2.54. The van der Waals surface area contributed by atoms with E-state index in [1.807, 2.05) is 13.0 Å². The zero-order valence-corrected chi connectivity index (χ0v) is 7.73. The highest BCUT2D eigenvalue weighted by atomic mass is 32.1. The van der Waals surface area contributed by atoms with E-state index < -0.39 is 0 Å². The summed E-state index contributed by atoms with van der Waals surface area (Å²) in [6, 6.07) is 6.19. The summed E-state index contributed by atoms with van der Waals surface area (Å²) in [4.78, 5) is 0. The summed E-state index contributed by atoms with van der Waals surface area (Å²) in [7, 11) is 0. The number of ether oxygens (including phenoxy) is 1. The Morgan fingerprint density at radius 3 is 2.92 bits per heavy atom. The molecule has 0 aliphatic heterocycles. The fraction of sp³-hybridized carbons (Fsp3) is 0.200. The highest BCUT2D eigenvalue weighted by molar-refractivity contribution is 7.09. The number of thiophene rings is 1. The van der Waals surface area contributed by atoms with Gasteiger partial charge in [0.1, 0.15) is 5.75 Å². The Labute approximate surface area is 75.6 Å². The van der Waals surface area contributed by atoms with E-state index in [4.69, 9.17) is 4.74 Å². The predicted molar refractivity (Wildman–Crippen MR) is 53.0 cm³/mol. The average Bonchev–Trinajstić information content (AvgIpc) is 2.51. The van der Waals surface area contributed by atoms with E-state index in [-0.39, 0.29) is 0 Å². The minimum absolute atomic E-state index is 0.732. The summed E-state index contributed by atoms with van der Waals surface area (Å²) in [6.07, 6.45) is 0. The molecule has 0 aliphatic rings. The van der Waals surface area contributed by atoms with Gasteiger partial charge >= 0.3 is 0 Å². The van der Waals surface area contributed by atoms with Crippen molar-refractivity contribution in [1.29, 1.82) is 0 Å². The summed E-state index contributed by atoms with van der Waals surface area (Å²) >= 11 is 1.72. The molecule has 1 heterocycles. The SMILES string of the molecule is CCOc1ccc2cscc2c1. The third kappa shape index (κ3) is 1.30. The summed E-state index contributed by atoms with van der Waals surface area (Å²) in [5, 5.41) is 6.84. The predicted octanol–water partition coefficient (Wildman–Crippen LogP) is 3.30. The first-order chi connectivity index (χ1) is 5.90. The van der Waals surface area contributed by atoms with Gasteiger partial charge in [0.15, 0.2) is 0 Å². The van der Waals surface area contributed by atoms with Gasteiger partial charge in [-0.25, -0.2) is 0 Å². The number of fused-ring (bicyclic) bond motifs is 1. The molecule has 2 aromatic rings. The third-order valence-electron chi connectivity index (χ3n) is 1.76. The normalized spacial score (nSPS) is 10.4. The largest absolute Gasteiger partial charge is 0.494 e. The summed E-state index contributed by atoms with van der Waals surface area (Å²) < 4.78 is 5.39. The molecule has 2 heteroatoms. The molecule has 0 amide bonds. The zero-order valence-electron chi connectivity index (χ0n) is 6.91. The Kier molecular flexibility index (Phi) is 2.00. The molecule has 0 spiro atoms. The minimum atomic E-state index is 0.732. The van der Waals surface area contributed by atoms with Crippen LogP contribution >= 0.6 is 11.3 Å². The standard InChI is InChI=1S/C10H10OS/c1-2-11-10-4-3-8-6-12-7-9(8)5-10/h3-7H,2H2,1H3. The van der Waals surface area contributed by atoms with E-state index in [1.54, 1.807) is 11.3 Å². The van der Waals surface area contributed by atoms with Gasteiger partial charge in [0.25, 0.3) is 0 Å². The molecule has 12 heavy (non-hydrogen) atoms. The number of rotatable bonds is 2. The van der Waals surface area contributed by atoms with Gasteiger partial charge in [-0.2, -0.15) is 11.3 Å². The van der Waals surface area contributed by atoms with E-state index in [9.17, 15) is 0 Å². The van der Waals surface area contributed by atoms with Crippen molar-refractivity contribution in [1.82, 2.24) is 0 Å². The first-order valence-electron chi connectivity index (χ1n) is 3.99. The minimum Gasteiger partial charge on any atom is -0.494 e. The van der Waals surface area contributed by atoms with Crippen molar-refractivity contribution in [3.8, 4) is 5.75 Å². The van der Waals surface area contributed by atoms with Crippen LogP contribution in [0, 0.1) is 0 Å². The first-order valence-corrected chi connectivity index (χ1v) is 4.93. The number of benzene rings is 1. The lowest BCUT2D eigenvalue weighted by Gasteiger charge is -2.01. The second-order valence-corrected chi connectivity index (χ2v) is 3.34. The van der Waals surface area contributed by atoms with Gasteiger partial charge < -0.3 is 4.74 Å². The van der Waals surface area contributed by atoms with Crippen LogP contribution in [0.2, 0.25) is 0 Å². The van der Waals surface area contributed by atoms with Crippen LogP contribution in [0.3, 0.4) is 0 Å². The summed E-state index contributed by atoms with van der Waals surface area (Å²) in [5.41, 5.74) is 0. The quantitative estimate of drug-likeness (QED) is 0.685. The van der Waals surface area contributed by atoms with Crippen LogP contribution in [0.25, 0.3) is 10.8 Å². The van der Waals surface area contributed by atoms with Crippen LogP contribution in [0.4, 0.5) is 0 Å². The topological polar surface area (TPSA) is 9.23 Å². The molecule has 0 aliphatic carbocycles. The molecule has 0 unspecified atom stereocenters. The fourth-order valence-electron chi connectivity index (χ4n) is 1.20. The van der Waals surface area contributed by atoms with E-state index in [1.165, 1.54) is 10.8 Å². The maximum absolute atomic E-state index is 5.39. The molecule has 1 aromatic heterocycles. The van der Waals surface area contributed by atoms with Gasteiger partial charge in [0, 0.05) is 0 Å². The first kappa shape index (κ1) is 7.62. The molecule has 1 nitrogen and oxygen atoms in total. The van der Waals surface area contributed by atoms with Gasteiger partial charge in [-0.15, -0.1) is 0 Å². The second kappa shape index (κ2) is 3.15. The Hall–Kier alpha value is -1.02. The molecular formula is C10H10OS. The monoisotopic (exact) mass is 178 g/mol. The second-order valence-electron chi connectivity index (χ2n) is 2.60. The van der Waals surface area contributed by atoms with Crippen LogP contribution in [0.5, 0.6) is 5.75 Å². The van der Waals surface area contributed by atoms with Crippen molar-refractivity contribution >= 4 is 22.1 Å². The molecule has 0 bridgehead atoms. The summed E-state index contributed by atoms with van der Waals surface area (Å²) in [5.74, 6) is 0.961. The van der Waals surface area contributed by atoms with E-state index >= 15 is 0 Å². The molecule has 0 N–H and O–H groups in total. The molecule has 2 rings (SSSR count). The zero-order chi connectivity index (χ0) is 8.39. The molecular weight excluding hydrogens is 168 g/mol. The van der Waals surface area contributed by atoms with E-state index in [0.29, 0.717) is 0 Å². The molecule has 0 atom stereocenters. The Morgan fingerprint density at radius 2 is 2.08 bits per heavy atom. The van der Waals surface area contributed by atoms with Gasteiger partial charge in [-0.1, -0.05) is 0 Å². The fourth-order valence-corrected chi connectivity index (χ4v) is 1.98. The molecule has 0 fully saturated rings. The Bertz CT molecular complexity index is 378. The lowest BCUT2D eigenvalue weighted by molar-refractivity contribution is 0.341. The van der Waals surface area contributed by atoms with Crippen LogP contribution in [-0.2, 0) is 0 Å². The van der Waals surface area contributed by atoms with E-state index in [2.05, 4.69) is 22.9 Å². The summed E-state index contributed by atoms with van der Waals surface area (Å²) in [6.45, 7) is 2.73. The highest BCUT2D eigenvalue weighted by Gasteiger charge is 1.96. The van der Waals surface area contributed by atoms with Crippen molar-refractivity contribution in [3.05, 3.63) is 29.0 Å². The van der Waals surface area contributed by atoms with Crippen molar-refractivity contribution in [3.63, 3.8) is 0 Å². The van der Waals surface area contributed by atoms with Gasteiger partial charge in [0.05, 0.1) is 6.61 Å². The van der Waals surface area contributed by atoms with Crippen LogP contribution in [0.1, 0.15) is 6.92 Å². The van der Waals surface area contributed by atoms with Gasteiger partial charge in [-0.05, 0) is 46.7 Å². The van der Waals surface area contributed by atoms with Gasteiger partial charge in [0.2, 0.25) is 0 Å². The molecule has 0 saturated heterocycles. The van der Waals surface area contributed by atoms with Crippen LogP contribution in [0.15, 0.2) is 29.0 Å². The maximum atomic E-state index is 5.39. The Morgan fingerprint density at radius 1 is 1.25 bits per heavy atom. The molecule has 62 valence electrons. The smallest absolute Gasteiger partial charge is 0.119 e. The van der Waals surface area contributed by atoms with Crippen molar-refractivity contribution in [2.75, 3.05) is 6.61 Å². The van der Waals surface area contributed by atoms with Crippen molar-refractivity contribution < 1.29 is 4.74 Å².